The van der Waals surface area contributed by atoms with Gasteiger partial charge in [0.1, 0.15) is 23.3 Å². The number of nitrogens with one attached hydrogen (secondary N) is 1. The van der Waals surface area contributed by atoms with E-state index < -0.39 is 12.0 Å². The lowest BCUT2D eigenvalue weighted by molar-refractivity contribution is -0.139. The first kappa shape index (κ1) is 15.4. The summed E-state index contributed by atoms with van der Waals surface area (Å²) < 4.78 is 10.8. The summed E-state index contributed by atoms with van der Waals surface area (Å²) in [5, 5.41) is 12.2. The second-order valence-electron chi connectivity index (χ2n) is 4.56. The van der Waals surface area contributed by atoms with E-state index in [1.165, 1.54) is 0 Å². The Morgan fingerprint density at radius 1 is 1.43 bits per heavy atom. The molecule has 0 saturated carbocycles. The Bertz CT molecular complexity index is 638. The number of carboxylic acid groups (broad SMARTS) is 1. The molecule has 1 unspecified atom stereocenters. The summed E-state index contributed by atoms with van der Waals surface area (Å²) in [5.74, 6) is 1.03. The van der Waals surface area contributed by atoms with Crippen molar-refractivity contribution in [3.63, 3.8) is 0 Å². The minimum absolute atomic E-state index is 0.345. The molecule has 5 nitrogen and oxygen atoms in total. The van der Waals surface area contributed by atoms with Crippen molar-refractivity contribution in [2.75, 3.05) is 7.11 Å². The second kappa shape index (κ2) is 6.65. The topological polar surface area (TPSA) is 71.7 Å². The average Bonchev–Trinajstić information content (AvgIpc) is 2.93. The van der Waals surface area contributed by atoms with Crippen LogP contribution in [0, 0.1) is 0 Å². The number of aliphatic carboxylic acids is 1. The molecule has 0 radical (unpaired) electrons. The van der Waals surface area contributed by atoms with Crippen LogP contribution in [0.1, 0.15) is 12.7 Å². The van der Waals surface area contributed by atoms with Crippen molar-refractivity contribution in [2.24, 2.45) is 0 Å². The Kier molecular flexibility index (Phi) is 4.88. The zero-order valence-electron chi connectivity index (χ0n) is 11.7. The number of halogens is 1. The summed E-state index contributed by atoms with van der Waals surface area (Å²) in [5.41, 5.74) is 0.832. The number of methoxy groups -OCH3 is 1. The van der Waals surface area contributed by atoms with Crippen LogP contribution in [0.15, 0.2) is 34.7 Å². The molecule has 0 aliphatic rings. The van der Waals surface area contributed by atoms with Crippen molar-refractivity contribution in [1.29, 1.82) is 0 Å². The van der Waals surface area contributed by atoms with Gasteiger partial charge in [0.2, 0.25) is 0 Å². The fraction of sp³-hybridized carbons (Fsp3) is 0.267. The van der Waals surface area contributed by atoms with Crippen molar-refractivity contribution in [3.05, 3.63) is 41.1 Å². The molecular weight excluding hydrogens is 294 g/mol. The molecule has 0 bridgehead atoms. The number of ether oxygens (including phenoxy) is 1. The fourth-order valence-corrected chi connectivity index (χ4v) is 2.05. The van der Waals surface area contributed by atoms with Crippen molar-refractivity contribution in [3.8, 4) is 17.1 Å². The van der Waals surface area contributed by atoms with Gasteiger partial charge in [0.25, 0.3) is 0 Å². The van der Waals surface area contributed by atoms with Gasteiger partial charge in [-0.1, -0.05) is 11.6 Å². The highest BCUT2D eigenvalue weighted by molar-refractivity contribution is 6.32. The molecular formula is C15H16ClNO4. The van der Waals surface area contributed by atoms with Gasteiger partial charge in [0.15, 0.2) is 0 Å². The van der Waals surface area contributed by atoms with Crippen LogP contribution in [-0.2, 0) is 11.3 Å². The highest BCUT2D eigenvalue weighted by Crippen LogP contribution is 2.31. The Morgan fingerprint density at radius 2 is 2.19 bits per heavy atom. The molecule has 2 aromatic rings. The molecule has 21 heavy (non-hydrogen) atoms. The number of hydrogen-bond acceptors (Lipinski definition) is 4. The summed E-state index contributed by atoms with van der Waals surface area (Å²) in [7, 11) is 1.56. The third kappa shape index (κ3) is 3.77. The van der Waals surface area contributed by atoms with Gasteiger partial charge in [-0.25, -0.2) is 0 Å². The highest BCUT2D eigenvalue weighted by atomic mass is 35.5. The van der Waals surface area contributed by atoms with Crippen LogP contribution in [-0.4, -0.2) is 24.2 Å². The van der Waals surface area contributed by atoms with E-state index >= 15 is 0 Å². The SMILES string of the molecule is COc1ccc(-c2ccc(CNC(C)C(=O)O)o2)cc1Cl. The highest BCUT2D eigenvalue weighted by Gasteiger charge is 2.12. The summed E-state index contributed by atoms with van der Waals surface area (Å²) in [6.07, 6.45) is 0. The molecule has 0 fully saturated rings. The van der Waals surface area contributed by atoms with E-state index in [2.05, 4.69) is 5.32 Å². The molecule has 0 aliphatic heterocycles. The smallest absolute Gasteiger partial charge is 0.320 e. The lowest BCUT2D eigenvalue weighted by Gasteiger charge is -2.07. The van der Waals surface area contributed by atoms with Gasteiger partial charge in [0, 0.05) is 5.56 Å². The molecule has 112 valence electrons. The Balaban J connectivity index is 2.09. The number of carboxylic acids is 1. The largest absolute Gasteiger partial charge is 0.495 e. The van der Waals surface area contributed by atoms with Crippen molar-refractivity contribution < 1.29 is 19.1 Å². The Morgan fingerprint density at radius 3 is 2.81 bits per heavy atom. The number of benzene rings is 1. The molecule has 0 aliphatic carbocycles. The maximum atomic E-state index is 10.7. The van der Waals surface area contributed by atoms with Crippen molar-refractivity contribution in [1.82, 2.24) is 5.32 Å². The Labute approximate surface area is 127 Å². The lowest BCUT2D eigenvalue weighted by atomic mass is 10.2. The molecule has 6 heteroatoms. The zero-order valence-corrected chi connectivity index (χ0v) is 12.5. The minimum atomic E-state index is -0.899. The van der Waals surface area contributed by atoms with E-state index in [0.717, 1.165) is 5.56 Å². The molecule has 2 rings (SSSR count). The average molecular weight is 310 g/mol. The van der Waals surface area contributed by atoms with Crippen LogP contribution in [0.3, 0.4) is 0 Å². The molecule has 1 heterocycles. The van der Waals surface area contributed by atoms with Gasteiger partial charge in [0.05, 0.1) is 18.7 Å². The fourth-order valence-electron chi connectivity index (χ4n) is 1.79. The normalized spacial score (nSPS) is 12.1. The summed E-state index contributed by atoms with van der Waals surface area (Å²) in [6.45, 7) is 1.92. The van der Waals surface area contributed by atoms with Crippen molar-refractivity contribution >= 4 is 17.6 Å². The second-order valence-corrected chi connectivity index (χ2v) is 4.96. The van der Waals surface area contributed by atoms with Crippen LogP contribution in [0.5, 0.6) is 5.75 Å². The van der Waals surface area contributed by atoms with Gasteiger partial charge < -0.3 is 14.3 Å². The third-order valence-electron chi connectivity index (χ3n) is 3.05. The number of furan rings is 1. The van der Waals surface area contributed by atoms with Crippen LogP contribution in [0.25, 0.3) is 11.3 Å². The predicted molar refractivity (Wildman–Crippen MR) is 79.6 cm³/mol. The summed E-state index contributed by atoms with van der Waals surface area (Å²) in [6, 6.07) is 8.37. The first-order valence-corrected chi connectivity index (χ1v) is 6.78. The molecule has 0 saturated heterocycles. The van der Waals surface area contributed by atoms with Crippen molar-refractivity contribution in [2.45, 2.75) is 19.5 Å². The van der Waals surface area contributed by atoms with E-state index in [9.17, 15) is 4.79 Å². The quantitative estimate of drug-likeness (QED) is 0.857. The maximum absolute atomic E-state index is 10.7. The molecule has 1 aromatic carbocycles. The van der Waals surface area contributed by atoms with E-state index in [-0.39, 0.29) is 0 Å². The van der Waals surface area contributed by atoms with E-state index in [1.807, 2.05) is 12.1 Å². The number of rotatable bonds is 6. The van der Waals surface area contributed by atoms with Gasteiger partial charge in [-0.05, 0) is 37.3 Å². The van der Waals surface area contributed by atoms with Crippen LogP contribution < -0.4 is 10.1 Å². The van der Waals surface area contributed by atoms with E-state index in [0.29, 0.717) is 28.8 Å². The molecule has 0 spiro atoms. The first-order chi connectivity index (χ1) is 10.0. The van der Waals surface area contributed by atoms with Gasteiger partial charge in [-0.15, -0.1) is 0 Å². The molecule has 0 amide bonds. The van der Waals surface area contributed by atoms with Gasteiger partial charge >= 0.3 is 5.97 Å². The molecule has 1 aromatic heterocycles. The predicted octanol–water partition coefficient (Wildman–Crippen LogP) is 3.17. The van der Waals surface area contributed by atoms with Crippen LogP contribution in [0.2, 0.25) is 5.02 Å². The summed E-state index contributed by atoms with van der Waals surface area (Å²) in [4.78, 5) is 10.7. The van der Waals surface area contributed by atoms with Gasteiger partial charge in [-0.2, -0.15) is 0 Å². The van der Waals surface area contributed by atoms with Crippen LogP contribution >= 0.6 is 11.6 Å². The van der Waals surface area contributed by atoms with E-state index in [4.69, 9.17) is 25.9 Å². The standard InChI is InChI=1S/C15H16ClNO4/c1-9(15(18)19)17-8-11-4-6-13(21-11)10-3-5-14(20-2)12(16)7-10/h3-7,9,17H,8H2,1-2H3,(H,18,19). The summed E-state index contributed by atoms with van der Waals surface area (Å²) >= 11 is 6.08. The number of hydrogen-bond donors (Lipinski definition) is 2. The monoisotopic (exact) mass is 309 g/mol. The minimum Gasteiger partial charge on any atom is -0.495 e. The first-order valence-electron chi connectivity index (χ1n) is 6.40. The molecule has 2 N–H and O–H groups in total. The number of carbonyl (C=O) groups is 1. The molecule has 1 atom stereocenters. The lowest BCUT2D eigenvalue weighted by Crippen LogP contribution is -2.32. The maximum Gasteiger partial charge on any atom is 0.320 e. The Hall–Kier alpha value is -1.98. The third-order valence-corrected chi connectivity index (χ3v) is 3.35. The van der Waals surface area contributed by atoms with E-state index in [1.54, 1.807) is 32.2 Å². The zero-order chi connectivity index (χ0) is 15.4. The van der Waals surface area contributed by atoms with Gasteiger partial charge in [-0.3, -0.25) is 10.1 Å². The van der Waals surface area contributed by atoms with Crippen LogP contribution in [0.4, 0.5) is 0 Å².